The number of carbonyl (C=O) groups excluding carboxylic acids is 2. The second kappa shape index (κ2) is 7.03. The minimum Gasteiger partial charge on any atom is -0.317 e. The monoisotopic (exact) mass is 378 g/mol. The summed E-state index contributed by atoms with van der Waals surface area (Å²) in [5.74, 6) is -0.451. The van der Waals surface area contributed by atoms with Crippen molar-refractivity contribution >= 4 is 22.3 Å². The molecule has 3 fully saturated rings. The molecule has 1 aliphatic carbocycles. The molecule has 0 aromatic rings. The molecular weight excluding hydrogens is 356 g/mol. The number of piperidine rings is 1. The number of hydrogen-bond acceptors (Lipinski definition) is 7. The SMILES string of the molecule is CNC1CCC(ONC(=O)[C@@H]2CCC3CN2C(=O)N3OS(=O)(=O)O)C1. The van der Waals surface area contributed by atoms with Crippen molar-refractivity contribution in [2.24, 2.45) is 0 Å². The van der Waals surface area contributed by atoms with Crippen molar-refractivity contribution in [3.8, 4) is 0 Å². The van der Waals surface area contributed by atoms with Gasteiger partial charge < -0.3 is 10.2 Å². The van der Waals surface area contributed by atoms with Crippen molar-refractivity contribution in [1.29, 1.82) is 0 Å². The van der Waals surface area contributed by atoms with Crippen molar-refractivity contribution in [3.05, 3.63) is 0 Å². The van der Waals surface area contributed by atoms with Crippen molar-refractivity contribution < 1.29 is 31.7 Å². The standard InChI is InChI=1S/C13H22N4O7S/c1-14-8-2-4-10(6-8)23-15-12(18)11-5-3-9-7-16(11)13(19)17(9)24-25(20,21)22/h8-11,14H,2-7H2,1H3,(H,15,18)(H,20,21,22)/t8?,9?,10?,11-/m0/s1. The van der Waals surface area contributed by atoms with Crippen LogP contribution < -0.4 is 10.8 Å². The Labute approximate surface area is 145 Å². The van der Waals surface area contributed by atoms with Gasteiger partial charge in [-0.05, 0) is 39.2 Å². The van der Waals surface area contributed by atoms with Crippen LogP contribution in [0.4, 0.5) is 4.79 Å². The first-order chi connectivity index (χ1) is 11.8. The Morgan fingerprint density at radius 1 is 1.28 bits per heavy atom. The van der Waals surface area contributed by atoms with Crippen LogP contribution in [0.5, 0.6) is 0 Å². The largest absolute Gasteiger partial charge is 0.418 e. The van der Waals surface area contributed by atoms with Gasteiger partial charge in [-0.3, -0.25) is 14.2 Å². The lowest BCUT2D eigenvalue weighted by Gasteiger charge is -2.29. The summed E-state index contributed by atoms with van der Waals surface area (Å²) in [6.45, 7) is 0.150. The van der Waals surface area contributed by atoms with Crippen molar-refractivity contribution in [3.63, 3.8) is 0 Å². The highest BCUT2D eigenvalue weighted by Crippen LogP contribution is 2.31. The molecular formula is C13H22N4O7S. The molecule has 0 aromatic carbocycles. The molecule has 0 spiro atoms. The minimum absolute atomic E-state index is 0.0774. The number of nitrogens with zero attached hydrogens (tertiary/aromatic N) is 2. The van der Waals surface area contributed by atoms with Crippen LogP contribution in [0.3, 0.4) is 0 Å². The van der Waals surface area contributed by atoms with Crippen LogP contribution in [-0.4, -0.2) is 72.7 Å². The van der Waals surface area contributed by atoms with Crippen LogP contribution in [-0.2, 0) is 24.3 Å². The molecule has 3 N–H and O–H groups in total. The number of urea groups is 1. The number of hydroxylamine groups is 3. The summed E-state index contributed by atoms with van der Waals surface area (Å²) in [5, 5.41) is 3.77. The Hall–Kier alpha value is -1.47. The molecule has 0 radical (unpaired) electrons. The highest BCUT2D eigenvalue weighted by atomic mass is 32.3. The van der Waals surface area contributed by atoms with Crippen molar-refractivity contribution in [2.45, 2.75) is 56.3 Å². The first-order valence-electron chi connectivity index (χ1n) is 8.18. The normalized spacial score (nSPS) is 32.3. The summed E-state index contributed by atoms with van der Waals surface area (Å²) in [7, 11) is -2.92. The second-order valence-electron chi connectivity index (χ2n) is 6.51. The van der Waals surface area contributed by atoms with E-state index < -0.39 is 34.4 Å². The average molecular weight is 378 g/mol. The van der Waals surface area contributed by atoms with Gasteiger partial charge >= 0.3 is 16.4 Å². The third-order valence-corrected chi connectivity index (χ3v) is 5.27. The molecule has 25 heavy (non-hydrogen) atoms. The molecule has 3 unspecified atom stereocenters. The number of amides is 3. The zero-order chi connectivity index (χ0) is 18.2. The molecule has 142 valence electrons. The minimum atomic E-state index is -4.80. The Bertz CT molecular complexity index is 642. The van der Waals surface area contributed by atoms with E-state index in [0.29, 0.717) is 23.9 Å². The number of rotatable bonds is 6. The van der Waals surface area contributed by atoms with Crippen LogP contribution >= 0.6 is 0 Å². The van der Waals surface area contributed by atoms with Crippen molar-refractivity contribution in [1.82, 2.24) is 20.8 Å². The molecule has 12 heteroatoms. The highest BCUT2D eigenvalue weighted by molar-refractivity contribution is 7.80. The van der Waals surface area contributed by atoms with Gasteiger partial charge in [-0.15, -0.1) is 4.28 Å². The first kappa shape index (κ1) is 18.3. The van der Waals surface area contributed by atoms with Crippen LogP contribution in [0.25, 0.3) is 0 Å². The summed E-state index contributed by atoms with van der Waals surface area (Å²) in [5.41, 5.74) is 2.42. The van der Waals surface area contributed by atoms with Crippen LogP contribution in [0.15, 0.2) is 0 Å². The van der Waals surface area contributed by atoms with Gasteiger partial charge in [0.2, 0.25) is 0 Å². The maximum absolute atomic E-state index is 12.4. The van der Waals surface area contributed by atoms with Gasteiger partial charge in [0.15, 0.2) is 0 Å². The van der Waals surface area contributed by atoms with Gasteiger partial charge in [-0.25, -0.2) is 10.3 Å². The molecule has 2 heterocycles. The van der Waals surface area contributed by atoms with E-state index in [4.69, 9.17) is 9.39 Å². The smallest absolute Gasteiger partial charge is 0.317 e. The molecule has 4 atom stereocenters. The Kier molecular flexibility index (Phi) is 5.16. The Morgan fingerprint density at radius 3 is 2.68 bits per heavy atom. The van der Waals surface area contributed by atoms with E-state index in [2.05, 4.69) is 15.1 Å². The third kappa shape index (κ3) is 4.03. The van der Waals surface area contributed by atoms with E-state index >= 15 is 0 Å². The molecule has 3 aliphatic rings. The van der Waals surface area contributed by atoms with Gasteiger partial charge in [-0.1, -0.05) is 0 Å². The van der Waals surface area contributed by atoms with E-state index in [1.54, 1.807) is 0 Å². The summed E-state index contributed by atoms with van der Waals surface area (Å²) in [6, 6.07) is -1.69. The van der Waals surface area contributed by atoms with Crippen LogP contribution in [0, 0.1) is 0 Å². The van der Waals surface area contributed by atoms with E-state index in [9.17, 15) is 18.0 Å². The maximum atomic E-state index is 12.4. The van der Waals surface area contributed by atoms with Crippen LogP contribution in [0.1, 0.15) is 32.1 Å². The molecule has 3 amide bonds. The molecule has 2 aliphatic heterocycles. The lowest BCUT2D eigenvalue weighted by molar-refractivity contribution is -0.143. The third-order valence-electron chi connectivity index (χ3n) is 4.92. The summed E-state index contributed by atoms with van der Waals surface area (Å²) in [4.78, 5) is 31.3. The zero-order valence-corrected chi connectivity index (χ0v) is 14.6. The second-order valence-corrected chi connectivity index (χ2v) is 7.52. The molecule has 3 rings (SSSR count). The molecule has 2 bridgehead atoms. The summed E-state index contributed by atoms with van der Waals surface area (Å²) in [6.07, 6.45) is 3.24. The van der Waals surface area contributed by atoms with Gasteiger partial charge in [0.05, 0.1) is 12.1 Å². The lowest BCUT2D eigenvalue weighted by atomic mass is 10.0. The van der Waals surface area contributed by atoms with E-state index in [1.807, 2.05) is 7.05 Å². The fourth-order valence-corrected chi connectivity index (χ4v) is 4.01. The highest BCUT2D eigenvalue weighted by Gasteiger charge is 2.49. The Morgan fingerprint density at radius 2 is 2.04 bits per heavy atom. The molecule has 2 saturated heterocycles. The van der Waals surface area contributed by atoms with Crippen LogP contribution in [0.2, 0.25) is 0 Å². The van der Waals surface area contributed by atoms with E-state index in [1.165, 1.54) is 4.90 Å². The lowest BCUT2D eigenvalue weighted by Crippen LogP contribution is -2.50. The molecule has 11 nitrogen and oxygen atoms in total. The predicted molar refractivity (Wildman–Crippen MR) is 83.1 cm³/mol. The molecule has 0 aromatic heterocycles. The van der Waals surface area contributed by atoms with Gasteiger partial charge in [0.25, 0.3) is 5.91 Å². The summed E-state index contributed by atoms with van der Waals surface area (Å²) < 4.78 is 34.8. The average Bonchev–Trinajstić information content (AvgIpc) is 3.11. The van der Waals surface area contributed by atoms with Gasteiger partial charge in [0.1, 0.15) is 6.04 Å². The Balaban J connectivity index is 1.55. The molecule has 1 saturated carbocycles. The van der Waals surface area contributed by atoms with Crippen molar-refractivity contribution in [2.75, 3.05) is 13.6 Å². The summed E-state index contributed by atoms with van der Waals surface area (Å²) >= 11 is 0. The number of carbonyl (C=O) groups is 2. The predicted octanol–water partition coefficient (Wildman–Crippen LogP) is -0.822. The van der Waals surface area contributed by atoms with Gasteiger partial charge in [0, 0.05) is 12.6 Å². The number of fused-ring (bicyclic) bond motifs is 2. The topological polar surface area (TPSA) is 138 Å². The van der Waals surface area contributed by atoms with E-state index in [0.717, 1.165) is 19.3 Å². The fourth-order valence-electron chi connectivity index (χ4n) is 3.62. The zero-order valence-electron chi connectivity index (χ0n) is 13.8. The quantitative estimate of drug-likeness (QED) is 0.403. The van der Waals surface area contributed by atoms with E-state index in [-0.39, 0.29) is 12.6 Å². The number of hydrogen-bond donors (Lipinski definition) is 3. The first-order valence-corrected chi connectivity index (χ1v) is 9.54. The fraction of sp³-hybridized carbons (Fsp3) is 0.846. The maximum Gasteiger partial charge on any atom is 0.418 e. The number of nitrogens with one attached hydrogen (secondary N) is 2. The van der Waals surface area contributed by atoms with Gasteiger partial charge in [-0.2, -0.15) is 13.5 Å².